The third-order valence-corrected chi connectivity index (χ3v) is 13.5. The number of hydrogen-bond donors (Lipinski definition) is 6. The molecule has 0 aliphatic carbocycles. The maximum atomic E-state index is 14.0. The number of carbonyl (C=O) groups is 5. The van der Waals surface area contributed by atoms with Crippen LogP contribution < -0.4 is 21.3 Å². The molecule has 0 saturated carbocycles. The smallest absolute Gasteiger partial charge is 0.255 e. The molecule has 6 aromatic rings. The summed E-state index contributed by atoms with van der Waals surface area (Å²) in [5, 5.41) is 27.2. The van der Waals surface area contributed by atoms with E-state index >= 15 is 0 Å². The van der Waals surface area contributed by atoms with E-state index in [1.54, 1.807) is 60.6 Å². The maximum Gasteiger partial charge on any atom is 0.255 e. The third kappa shape index (κ3) is 11.4. The van der Waals surface area contributed by atoms with Crippen molar-refractivity contribution < 1.29 is 33.8 Å². The SMILES string of the molecule is Cc1ncsc1-c1ccc(CNC(=O)[C@@H]2C[C@@H](O)CN2C(=O)C(NC(=O)COCC(=O)NCCn2ncc3cc(C(=O)Nc4ccc5[nH]c(CN6CCCC6C)nc5c4)ccc32)C(C)(C)C)cc1. The van der Waals surface area contributed by atoms with E-state index in [4.69, 9.17) is 9.72 Å². The van der Waals surface area contributed by atoms with Gasteiger partial charge in [0.25, 0.3) is 5.91 Å². The quantitative estimate of drug-likeness (QED) is 0.0745. The second kappa shape index (κ2) is 20.8. The number of rotatable bonds is 17. The molecule has 68 heavy (non-hydrogen) atoms. The monoisotopic (exact) mass is 945 g/mol. The highest BCUT2D eigenvalue weighted by Crippen LogP contribution is 2.29. The molecule has 2 unspecified atom stereocenters. The molecule has 0 radical (unpaired) electrons. The van der Waals surface area contributed by atoms with Gasteiger partial charge in [-0.15, -0.1) is 11.3 Å². The first-order valence-corrected chi connectivity index (χ1v) is 23.9. The Kier molecular flexibility index (Phi) is 14.6. The zero-order chi connectivity index (χ0) is 48.1. The molecule has 6 N–H and O–H groups in total. The van der Waals surface area contributed by atoms with Gasteiger partial charge in [0.2, 0.25) is 23.6 Å². The van der Waals surface area contributed by atoms with E-state index in [0.717, 1.165) is 62.5 Å². The minimum Gasteiger partial charge on any atom is -0.391 e. The Morgan fingerprint density at radius 3 is 2.53 bits per heavy atom. The lowest BCUT2D eigenvalue weighted by Gasteiger charge is -2.35. The number of likely N-dealkylation sites (tertiary alicyclic amines) is 2. The summed E-state index contributed by atoms with van der Waals surface area (Å²) in [7, 11) is 0. The van der Waals surface area contributed by atoms with E-state index in [1.165, 1.54) is 17.7 Å². The number of carbonyl (C=O) groups excluding carboxylic acids is 5. The Morgan fingerprint density at radius 1 is 1.00 bits per heavy atom. The van der Waals surface area contributed by atoms with Crippen LogP contribution in [0.25, 0.3) is 32.4 Å². The molecule has 8 rings (SSSR count). The lowest BCUT2D eigenvalue weighted by atomic mass is 9.85. The van der Waals surface area contributed by atoms with E-state index in [2.05, 4.69) is 48.2 Å². The summed E-state index contributed by atoms with van der Waals surface area (Å²) in [5.41, 5.74) is 7.49. The van der Waals surface area contributed by atoms with Crippen molar-refractivity contribution in [2.75, 3.05) is 38.2 Å². The number of nitrogens with one attached hydrogen (secondary N) is 5. The predicted octanol–water partition coefficient (Wildman–Crippen LogP) is 4.52. The number of aromatic amines is 1. The normalized spacial score (nSPS) is 18.0. The van der Waals surface area contributed by atoms with Crippen molar-refractivity contribution in [2.24, 2.45) is 5.41 Å². The zero-order valence-corrected chi connectivity index (χ0v) is 39.8. The number of fused-ring (bicyclic) bond motifs is 2. The van der Waals surface area contributed by atoms with E-state index < -0.39 is 60.4 Å². The summed E-state index contributed by atoms with van der Waals surface area (Å²) in [6.07, 6.45) is 3.21. The maximum absolute atomic E-state index is 14.0. The van der Waals surface area contributed by atoms with Gasteiger partial charge < -0.3 is 41.0 Å². The standard InChI is InChI=1S/C49H59N11O7S/c1-29-7-6-17-58(29)25-41-55-37-14-13-35(20-38(37)56-41)54-46(64)33-12-15-39-34(19-33)23-53-60(39)18-16-50-42(62)26-67-27-43(63)57-45(49(3,4)5)48(66)59-24-36(61)21-40(59)47(65)51-22-31-8-10-32(11-9-31)44-30(2)52-28-68-44/h8-15,19-20,23,28-29,36,40,45,61H,6-7,16-18,21-22,24-27H2,1-5H3,(H,50,62)(H,51,65)(H,54,64)(H,55,56)(H,57,63)/t29?,36-,40+,45?/m1/s1. The second-order valence-corrected chi connectivity index (χ2v) is 19.6. The highest BCUT2D eigenvalue weighted by molar-refractivity contribution is 7.13. The Labute approximate surface area is 398 Å². The highest BCUT2D eigenvalue weighted by Gasteiger charge is 2.44. The number of nitrogens with zero attached hydrogens (tertiary/aromatic N) is 6. The molecule has 0 spiro atoms. The summed E-state index contributed by atoms with van der Waals surface area (Å²) in [6.45, 7) is 11.2. The molecular weight excluding hydrogens is 887 g/mol. The molecule has 5 amide bonds. The average molecular weight is 946 g/mol. The molecule has 4 atom stereocenters. The van der Waals surface area contributed by atoms with Crippen LogP contribution in [0.3, 0.4) is 0 Å². The molecule has 3 aromatic heterocycles. The van der Waals surface area contributed by atoms with Gasteiger partial charge in [0.05, 0.1) is 58.0 Å². The Balaban J connectivity index is 0.768. The minimum atomic E-state index is -1.05. The van der Waals surface area contributed by atoms with Gasteiger partial charge in [-0.1, -0.05) is 45.0 Å². The van der Waals surface area contributed by atoms with Crippen molar-refractivity contribution in [2.45, 2.75) is 97.7 Å². The molecule has 2 aliphatic rings. The van der Waals surface area contributed by atoms with Gasteiger partial charge in [-0.25, -0.2) is 9.97 Å². The molecule has 19 heteroatoms. The summed E-state index contributed by atoms with van der Waals surface area (Å²) in [4.78, 5) is 83.8. The van der Waals surface area contributed by atoms with E-state index in [0.29, 0.717) is 23.8 Å². The number of aryl methyl sites for hydroxylation is 1. The summed E-state index contributed by atoms with van der Waals surface area (Å²) in [6, 6.07) is 17.3. The summed E-state index contributed by atoms with van der Waals surface area (Å²) < 4.78 is 7.14. The van der Waals surface area contributed by atoms with Crippen LogP contribution in [0.2, 0.25) is 0 Å². The minimum absolute atomic E-state index is 0.0597. The number of hydrogen-bond acceptors (Lipinski definition) is 12. The molecule has 2 fully saturated rings. The lowest BCUT2D eigenvalue weighted by Crippen LogP contribution is -2.58. The molecule has 5 heterocycles. The molecule has 3 aromatic carbocycles. The van der Waals surface area contributed by atoms with Crippen LogP contribution in [-0.4, -0.2) is 126 Å². The topological polar surface area (TPSA) is 229 Å². The number of anilines is 1. The number of thiazole rings is 1. The Hall–Kier alpha value is -6.54. The number of β-amino-alcohol motifs (C(OH)–C–C–N with tert-alkyl or cyclic N) is 1. The van der Waals surface area contributed by atoms with Gasteiger partial charge >= 0.3 is 0 Å². The van der Waals surface area contributed by atoms with Crippen molar-refractivity contribution in [3.05, 3.63) is 95.0 Å². The number of H-pyrrole nitrogens is 1. The van der Waals surface area contributed by atoms with Crippen LogP contribution >= 0.6 is 11.3 Å². The fourth-order valence-corrected chi connectivity index (χ4v) is 9.62. The molecule has 2 aliphatic heterocycles. The summed E-state index contributed by atoms with van der Waals surface area (Å²) >= 11 is 1.56. The number of aliphatic hydroxyl groups excluding tert-OH is 1. The molecule has 0 bridgehead atoms. The first-order valence-electron chi connectivity index (χ1n) is 23.0. The van der Waals surface area contributed by atoms with Crippen molar-refractivity contribution in [3.63, 3.8) is 0 Å². The number of amides is 5. The Bertz CT molecular complexity index is 2800. The Morgan fingerprint density at radius 2 is 1.79 bits per heavy atom. The number of aromatic nitrogens is 5. The number of ether oxygens (including phenoxy) is 1. The van der Waals surface area contributed by atoms with Gasteiger partial charge in [0.15, 0.2) is 0 Å². The van der Waals surface area contributed by atoms with Gasteiger partial charge in [-0.3, -0.25) is 33.6 Å². The van der Waals surface area contributed by atoms with Crippen LogP contribution in [-0.2, 0) is 43.5 Å². The fourth-order valence-electron chi connectivity index (χ4n) is 8.81. The van der Waals surface area contributed by atoms with Crippen LogP contribution in [0.5, 0.6) is 0 Å². The lowest BCUT2D eigenvalue weighted by molar-refractivity contribution is -0.145. The molecule has 18 nitrogen and oxygen atoms in total. The first-order chi connectivity index (χ1) is 32.6. The average Bonchev–Trinajstić information content (AvgIpc) is 4.17. The predicted molar refractivity (Wildman–Crippen MR) is 258 cm³/mol. The van der Waals surface area contributed by atoms with E-state index in [1.807, 2.05) is 55.5 Å². The second-order valence-electron chi connectivity index (χ2n) is 18.8. The largest absolute Gasteiger partial charge is 0.391 e. The van der Waals surface area contributed by atoms with Crippen LogP contribution in [0.15, 0.2) is 72.4 Å². The zero-order valence-electron chi connectivity index (χ0n) is 39.0. The van der Waals surface area contributed by atoms with Gasteiger partial charge in [0, 0.05) is 48.7 Å². The third-order valence-electron chi connectivity index (χ3n) is 12.6. The fraction of sp³-hybridized carbons (Fsp3) is 0.429. The van der Waals surface area contributed by atoms with Crippen LogP contribution in [0.1, 0.15) is 74.4 Å². The van der Waals surface area contributed by atoms with E-state index in [9.17, 15) is 29.1 Å². The van der Waals surface area contributed by atoms with Gasteiger partial charge in [-0.05, 0) is 86.2 Å². The number of benzene rings is 3. The molecule has 358 valence electrons. The van der Waals surface area contributed by atoms with E-state index in [-0.39, 0.29) is 32.0 Å². The van der Waals surface area contributed by atoms with Crippen molar-refractivity contribution in [1.82, 2.24) is 50.5 Å². The van der Waals surface area contributed by atoms with Gasteiger partial charge in [-0.2, -0.15) is 5.10 Å². The molecular formula is C49H59N11O7S. The summed E-state index contributed by atoms with van der Waals surface area (Å²) in [5.74, 6) is -1.33. The van der Waals surface area contributed by atoms with Gasteiger partial charge in [0.1, 0.15) is 31.1 Å². The van der Waals surface area contributed by atoms with Crippen molar-refractivity contribution in [3.8, 4) is 10.4 Å². The highest BCUT2D eigenvalue weighted by atomic mass is 32.1. The van der Waals surface area contributed by atoms with Crippen molar-refractivity contribution >= 4 is 68.5 Å². The number of imidazole rings is 1. The van der Waals surface area contributed by atoms with Crippen LogP contribution in [0, 0.1) is 12.3 Å². The molecule has 2 saturated heterocycles. The first kappa shape index (κ1) is 47.9. The number of aliphatic hydroxyl groups is 1. The van der Waals surface area contributed by atoms with Crippen molar-refractivity contribution in [1.29, 1.82) is 0 Å². The van der Waals surface area contributed by atoms with Crippen LogP contribution in [0.4, 0.5) is 5.69 Å².